The number of fused-ring (bicyclic) bond motifs is 1. The van der Waals surface area contributed by atoms with Crippen LogP contribution >= 0.6 is 11.6 Å². The molecular formula is C25H29ClN4O6. The van der Waals surface area contributed by atoms with E-state index in [2.05, 4.69) is 10.6 Å². The average molecular weight is 517 g/mol. The summed E-state index contributed by atoms with van der Waals surface area (Å²) in [6.07, 6.45) is 1.90. The molecule has 1 atom stereocenters. The monoisotopic (exact) mass is 516 g/mol. The predicted octanol–water partition coefficient (Wildman–Crippen LogP) is 3.03. The molecule has 0 aromatic heterocycles. The van der Waals surface area contributed by atoms with Crippen LogP contribution < -0.4 is 25.0 Å². The van der Waals surface area contributed by atoms with Gasteiger partial charge in [0.2, 0.25) is 11.8 Å². The molecule has 2 aromatic rings. The summed E-state index contributed by atoms with van der Waals surface area (Å²) in [4.78, 5) is 41.7. The van der Waals surface area contributed by atoms with Gasteiger partial charge >= 0.3 is 6.03 Å². The Labute approximate surface area is 214 Å². The van der Waals surface area contributed by atoms with E-state index in [9.17, 15) is 14.4 Å². The molecule has 0 spiro atoms. The summed E-state index contributed by atoms with van der Waals surface area (Å²) in [5.41, 5.74) is 1.80. The highest BCUT2D eigenvalue weighted by molar-refractivity contribution is 6.32. The van der Waals surface area contributed by atoms with Crippen LogP contribution in [0.5, 0.6) is 11.5 Å². The minimum atomic E-state index is -0.456. The first kappa shape index (κ1) is 25.6. The number of anilines is 2. The lowest BCUT2D eigenvalue weighted by atomic mass is 10.1. The molecule has 10 nitrogen and oxygen atoms in total. The van der Waals surface area contributed by atoms with Crippen LogP contribution in [0.2, 0.25) is 5.02 Å². The third-order valence-electron chi connectivity index (χ3n) is 6.08. The highest BCUT2D eigenvalue weighted by atomic mass is 35.5. The van der Waals surface area contributed by atoms with Crippen molar-refractivity contribution in [2.24, 2.45) is 0 Å². The van der Waals surface area contributed by atoms with Crippen LogP contribution in [-0.2, 0) is 20.9 Å². The molecule has 0 aliphatic carbocycles. The number of nitrogens with one attached hydrogen (secondary N) is 2. The number of hydrogen-bond donors (Lipinski definition) is 2. The molecule has 1 saturated heterocycles. The van der Waals surface area contributed by atoms with Crippen LogP contribution in [0, 0.1) is 0 Å². The van der Waals surface area contributed by atoms with Gasteiger partial charge in [-0.05, 0) is 30.5 Å². The van der Waals surface area contributed by atoms with E-state index in [-0.39, 0.29) is 31.6 Å². The maximum atomic E-state index is 13.3. The number of para-hydroxylation sites is 1. The zero-order valence-corrected chi connectivity index (χ0v) is 21.0. The van der Waals surface area contributed by atoms with Crippen molar-refractivity contribution in [2.45, 2.75) is 25.5 Å². The lowest BCUT2D eigenvalue weighted by molar-refractivity contribution is -0.122. The number of carbonyl (C=O) groups excluding carboxylic acids is 3. The lowest BCUT2D eigenvalue weighted by Crippen LogP contribution is -2.52. The number of ether oxygens (including phenoxy) is 3. The first-order valence-corrected chi connectivity index (χ1v) is 12.0. The minimum Gasteiger partial charge on any atom is -0.495 e. The van der Waals surface area contributed by atoms with Gasteiger partial charge in [-0.3, -0.25) is 14.5 Å². The van der Waals surface area contributed by atoms with Gasteiger partial charge in [0, 0.05) is 19.2 Å². The molecular weight excluding hydrogens is 488 g/mol. The summed E-state index contributed by atoms with van der Waals surface area (Å²) in [7, 11) is 2.94. The number of hydrogen-bond acceptors (Lipinski definition) is 6. The van der Waals surface area contributed by atoms with Crippen molar-refractivity contribution in [1.29, 1.82) is 0 Å². The first-order valence-electron chi connectivity index (χ1n) is 11.6. The second-order valence-electron chi connectivity index (χ2n) is 8.53. The quantitative estimate of drug-likeness (QED) is 0.530. The van der Waals surface area contributed by atoms with Gasteiger partial charge in [0.25, 0.3) is 0 Å². The van der Waals surface area contributed by atoms with E-state index in [1.54, 1.807) is 18.2 Å². The first-order chi connectivity index (χ1) is 17.4. The summed E-state index contributed by atoms with van der Waals surface area (Å²) >= 11 is 6.21. The summed E-state index contributed by atoms with van der Waals surface area (Å²) in [5, 5.41) is 5.89. The number of carbonyl (C=O) groups is 3. The molecule has 0 saturated carbocycles. The fourth-order valence-electron chi connectivity index (χ4n) is 4.28. The van der Waals surface area contributed by atoms with Crippen LogP contribution in [0.3, 0.4) is 0 Å². The minimum absolute atomic E-state index is 0.00961. The van der Waals surface area contributed by atoms with Crippen LogP contribution in [0.25, 0.3) is 0 Å². The smallest absolute Gasteiger partial charge is 0.325 e. The SMILES string of the molecule is COc1cc(OC)c(NC(=O)CN2C(=O)N(CC(=O)NCC3CCCO3)Cc3ccccc32)cc1Cl. The van der Waals surface area contributed by atoms with Crippen LogP contribution in [0.4, 0.5) is 16.2 Å². The van der Waals surface area contributed by atoms with Crippen LogP contribution in [0.1, 0.15) is 18.4 Å². The normalized spacial score (nSPS) is 17.0. The molecule has 2 aromatic carbocycles. The molecule has 192 valence electrons. The van der Waals surface area contributed by atoms with Crippen molar-refractivity contribution in [1.82, 2.24) is 10.2 Å². The number of methoxy groups -OCH3 is 2. The maximum absolute atomic E-state index is 13.3. The highest BCUT2D eigenvalue weighted by Crippen LogP contribution is 2.36. The molecule has 0 bridgehead atoms. The van der Waals surface area contributed by atoms with Crippen molar-refractivity contribution in [2.75, 3.05) is 50.7 Å². The zero-order chi connectivity index (χ0) is 25.7. The fraction of sp³-hybridized carbons (Fsp3) is 0.400. The third kappa shape index (κ3) is 5.83. The molecule has 1 unspecified atom stereocenters. The molecule has 2 aliphatic heterocycles. The Bertz CT molecular complexity index is 1140. The van der Waals surface area contributed by atoms with Gasteiger partial charge in [-0.2, -0.15) is 0 Å². The Morgan fingerprint density at radius 1 is 1.11 bits per heavy atom. The molecule has 4 amide bonds. The van der Waals surface area contributed by atoms with Gasteiger partial charge in [0.15, 0.2) is 0 Å². The van der Waals surface area contributed by atoms with Crippen molar-refractivity contribution < 1.29 is 28.6 Å². The second-order valence-corrected chi connectivity index (χ2v) is 8.94. The number of rotatable bonds is 9. The van der Waals surface area contributed by atoms with Gasteiger partial charge in [-0.1, -0.05) is 29.8 Å². The molecule has 2 N–H and O–H groups in total. The molecule has 4 rings (SSSR count). The molecule has 11 heteroatoms. The lowest BCUT2D eigenvalue weighted by Gasteiger charge is -2.36. The largest absolute Gasteiger partial charge is 0.495 e. The van der Waals surface area contributed by atoms with Crippen LogP contribution in [-0.4, -0.2) is 69.3 Å². The van der Waals surface area contributed by atoms with Crippen molar-refractivity contribution in [3.8, 4) is 11.5 Å². The fourth-order valence-corrected chi connectivity index (χ4v) is 4.53. The van der Waals surface area contributed by atoms with Crippen molar-refractivity contribution >= 4 is 40.8 Å². The van der Waals surface area contributed by atoms with E-state index < -0.39 is 11.9 Å². The number of halogens is 1. The van der Waals surface area contributed by atoms with E-state index in [1.165, 1.54) is 30.1 Å². The molecule has 0 radical (unpaired) electrons. The Balaban J connectivity index is 1.46. The summed E-state index contributed by atoms with van der Waals surface area (Å²) in [5.74, 6) is 0.0298. The van der Waals surface area contributed by atoms with Gasteiger partial charge in [0.05, 0.1) is 43.3 Å². The van der Waals surface area contributed by atoms with Gasteiger partial charge in [0.1, 0.15) is 24.6 Å². The standard InChI is InChI=1S/C25H29ClN4O6/c1-34-21-11-22(35-2)19(10-18(21)26)28-24(32)15-30-20-8-4-3-6-16(20)13-29(25(30)33)14-23(31)27-12-17-7-5-9-36-17/h3-4,6,8,10-11,17H,5,7,9,12-15H2,1-2H3,(H,27,31)(H,28,32). The predicted molar refractivity (Wildman–Crippen MR) is 135 cm³/mol. The molecule has 1 fully saturated rings. The van der Waals surface area contributed by atoms with Gasteiger partial charge in [-0.15, -0.1) is 0 Å². The Morgan fingerprint density at radius 2 is 1.89 bits per heavy atom. The number of benzene rings is 2. The van der Waals surface area contributed by atoms with E-state index in [0.29, 0.717) is 41.0 Å². The van der Waals surface area contributed by atoms with E-state index in [4.69, 9.17) is 25.8 Å². The van der Waals surface area contributed by atoms with Crippen molar-refractivity contribution in [3.05, 3.63) is 47.0 Å². The van der Waals surface area contributed by atoms with E-state index in [0.717, 1.165) is 18.4 Å². The number of amides is 4. The highest BCUT2D eigenvalue weighted by Gasteiger charge is 2.33. The Morgan fingerprint density at radius 3 is 2.61 bits per heavy atom. The number of urea groups is 1. The molecule has 36 heavy (non-hydrogen) atoms. The van der Waals surface area contributed by atoms with E-state index in [1.807, 2.05) is 12.1 Å². The summed E-state index contributed by atoms with van der Waals surface area (Å²) in [6, 6.07) is 9.95. The molecule has 2 aliphatic rings. The van der Waals surface area contributed by atoms with Crippen molar-refractivity contribution in [3.63, 3.8) is 0 Å². The zero-order valence-electron chi connectivity index (χ0n) is 20.2. The van der Waals surface area contributed by atoms with Crippen LogP contribution in [0.15, 0.2) is 36.4 Å². The Hall–Kier alpha value is -3.50. The van der Waals surface area contributed by atoms with Gasteiger partial charge < -0.3 is 29.7 Å². The van der Waals surface area contributed by atoms with E-state index >= 15 is 0 Å². The molecule has 2 heterocycles. The Kier molecular flexibility index (Phi) is 8.17. The summed E-state index contributed by atoms with van der Waals surface area (Å²) < 4.78 is 16.1. The second kappa shape index (κ2) is 11.5. The van der Waals surface area contributed by atoms with Gasteiger partial charge in [-0.25, -0.2) is 4.79 Å². The average Bonchev–Trinajstić information content (AvgIpc) is 3.39. The maximum Gasteiger partial charge on any atom is 0.325 e. The number of nitrogens with zero attached hydrogens (tertiary/aromatic N) is 2. The summed E-state index contributed by atoms with van der Waals surface area (Å²) in [6.45, 7) is 0.988. The third-order valence-corrected chi connectivity index (χ3v) is 6.38. The topological polar surface area (TPSA) is 109 Å².